The Balaban J connectivity index is 1.75. The molecule has 8 heteroatoms. The van der Waals surface area contributed by atoms with Crippen molar-refractivity contribution in [1.82, 2.24) is 4.98 Å². The Morgan fingerprint density at radius 2 is 1.66 bits per heavy atom. The molecule has 1 heterocycles. The zero-order valence-corrected chi connectivity index (χ0v) is 15.6. The van der Waals surface area contributed by atoms with Crippen LogP contribution in [0.3, 0.4) is 0 Å². The monoisotopic (exact) mass is 390 g/mol. The molecule has 0 atom stereocenters. The van der Waals surface area contributed by atoms with Crippen LogP contribution in [-0.4, -0.2) is 21.7 Å². The van der Waals surface area contributed by atoms with Crippen molar-refractivity contribution in [3.8, 4) is 0 Å². The Hall–Kier alpha value is -4.07. The van der Waals surface area contributed by atoms with Crippen LogP contribution in [-0.2, 0) is 6.42 Å². The standard InChI is InChI=1S/C21H18N4O4/c1-2-14-8-9-18(12-19(14)25(28)29)24-20(26)15-5-3-7-17(11-15)23-21(27)16-6-4-10-22-13-16/h3-13H,2H2,1H3,(H,23,27)(H,24,26). The van der Waals surface area contributed by atoms with E-state index >= 15 is 0 Å². The van der Waals surface area contributed by atoms with Gasteiger partial charge in [-0.25, -0.2) is 0 Å². The van der Waals surface area contributed by atoms with Crippen LogP contribution in [0.5, 0.6) is 0 Å². The maximum Gasteiger partial charge on any atom is 0.274 e. The fourth-order valence-electron chi connectivity index (χ4n) is 2.75. The lowest BCUT2D eigenvalue weighted by Crippen LogP contribution is -2.15. The molecule has 2 N–H and O–H groups in total. The van der Waals surface area contributed by atoms with Gasteiger partial charge < -0.3 is 10.6 Å². The summed E-state index contributed by atoms with van der Waals surface area (Å²) in [7, 11) is 0. The van der Waals surface area contributed by atoms with Gasteiger partial charge in [0.1, 0.15) is 0 Å². The molecule has 0 saturated carbocycles. The molecule has 0 aliphatic rings. The number of nitrogens with one attached hydrogen (secondary N) is 2. The van der Waals surface area contributed by atoms with Gasteiger partial charge in [0.15, 0.2) is 0 Å². The molecule has 0 spiro atoms. The summed E-state index contributed by atoms with van der Waals surface area (Å²) in [6.07, 6.45) is 3.53. The first-order valence-corrected chi connectivity index (χ1v) is 8.88. The summed E-state index contributed by atoms with van der Waals surface area (Å²) in [5.41, 5.74) is 2.01. The summed E-state index contributed by atoms with van der Waals surface area (Å²) in [6, 6.07) is 14.3. The largest absolute Gasteiger partial charge is 0.322 e. The Kier molecular flexibility index (Phi) is 5.94. The number of pyridine rings is 1. The van der Waals surface area contributed by atoms with Crippen LogP contribution in [0.25, 0.3) is 0 Å². The van der Waals surface area contributed by atoms with Crippen molar-refractivity contribution in [2.75, 3.05) is 10.6 Å². The second-order valence-corrected chi connectivity index (χ2v) is 6.18. The van der Waals surface area contributed by atoms with E-state index in [2.05, 4.69) is 15.6 Å². The third kappa shape index (κ3) is 4.81. The maximum atomic E-state index is 12.6. The number of aryl methyl sites for hydroxylation is 1. The molecule has 0 radical (unpaired) electrons. The van der Waals surface area contributed by atoms with Crippen molar-refractivity contribution in [3.63, 3.8) is 0 Å². The molecular weight excluding hydrogens is 372 g/mol. The number of rotatable bonds is 6. The molecule has 2 amide bonds. The summed E-state index contributed by atoms with van der Waals surface area (Å²) < 4.78 is 0. The summed E-state index contributed by atoms with van der Waals surface area (Å²) >= 11 is 0. The molecule has 3 aromatic rings. The number of carbonyl (C=O) groups is 2. The van der Waals surface area contributed by atoms with E-state index in [1.54, 1.807) is 48.7 Å². The molecule has 8 nitrogen and oxygen atoms in total. The molecule has 0 bridgehead atoms. The van der Waals surface area contributed by atoms with E-state index in [1.165, 1.54) is 18.3 Å². The smallest absolute Gasteiger partial charge is 0.274 e. The number of nitrogens with zero attached hydrogens (tertiary/aromatic N) is 2. The SMILES string of the molecule is CCc1ccc(NC(=O)c2cccc(NC(=O)c3cccnc3)c2)cc1[N+](=O)[O-]. The van der Waals surface area contributed by atoms with E-state index in [4.69, 9.17) is 0 Å². The number of benzene rings is 2. The minimum Gasteiger partial charge on any atom is -0.322 e. The summed E-state index contributed by atoms with van der Waals surface area (Å²) in [5.74, 6) is -0.789. The summed E-state index contributed by atoms with van der Waals surface area (Å²) in [6.45, 7) is 1.83. The van der Waals surface area contributed by atoms with E-state index in [9.17, 15) is 19.7 Å². The maximum absolute atomic E-state index is 12.6. The minimum atomic E-state index is -0.469. The van der Waals surface area contributed by atoms with Gasteiger partial charge in [0.05, 0.1) is 10.5 Å². The number of nitro benzene ring substituents is 1. The molecule has 2 aromatic carbocycles. The second kappa shape index (κ2) is 8.75. The first-order chi connectivity index (χ1) is 14.0. The highest BCUT2D eigenvalue weighted by Gasteiger charge is 2.15. The first kappa shape index (κ1) is 19.7. The van der Waals surface area contributed by atoms with E-state index < -0.39 is 10.8 Å². The molecule has 0 fully saturated rings. The molecule has 0 unspecified atom stereocenters. The van der Waals surface area contributed by atoms with Gasteiger partial charge in [-0.05, 0) is 42.8 Å². The van der Waals surface area contributed by atoms with Gasteiger partial charge in [0, 0.05) is 41.0 Å². The fourth-order valence-corrected chi connectivity index (χ4v) is 2.75. The van der Waals surface area contributed by atoms with Crippen molar-refractivity contribution in [3.05, 3.63) is 93.8 Å². The fraction of sp³-hybridized carbons (Fsp3) is 0.0952. The Morgan fingerprint density at radius 3 is 2.31 bits per heavy atom. The zero-order valence-electron chi connectivity index (χ0n) is 15.6. The van der Waals surface area contributed by atoms with E-state index in [1.807, 2.05) is 6.92 Å². The van der Waals surface area contributed by atoms with Crippen molar-refractivity contribution >= 4 is 28.9 Å². The van der Waals surface area contributed by atoms with Crippen molar-refractivity contribution in [2.24, 2.45) is 0 Å². The first-order valence-electron chi connectivity index (χ1n) is 8.88. The lowest BCUT2D eigenvalue weighted by atomic mass is 10.1. The number of hydrogen-bond acceptors (Lipinski definition) is 5. The highest BCUT2D eigenvalue weighted by molar-refractivity contribution is 6.07. The Morgan fingerprint density at radius 1 is 0.966 bits per heavy atom. The average Bonchev–Trinajstić information content (AvgIpc) is 2.74. The zero-order chi connectivity index (χ0) is 20.8. The van der Waals surface area contributed by atoms with Crippen LogP contribution in [0, 0.1) is 10.1 Å². The molecule has 29 heavy (non-hydrogen) atoms. The van der Waals surface area contributed by atoms with Crippen LogP contribution in [0.4, 0.5) is 17.1 Å². The molecule has 146 valence electrons. The van der Waals surface area contributed by atoms with Crippen molar-refractivity contribution in [1.29, 1.82) is 0 Å². The number of anilines is 2. The molecule has 0 saturated heterocycles. The molecule has 0 aliphatic heterocycles. The van der Waals surface area contributed by atoms with Gasteiger partial charge in [-0.2, -0.15) is 0 Å². The van der Waals surface area contributed by atoms with Gasteiger partial charge in [-0.3, -0.25) is 24.7 Å². The third-order valence-corrected chi connectivity index (χ3v) is 4.23. The second-order valence-electron chi connectivity index (χ2n) is 6.18. The molecule has 0 aliphatic carbocycles. The van der Waals surface area contributed by atoms with Crippen molar-refractivity contribution in [2.45, 2.75) is 13.3 Å². The van der Waals surface area contributed by atoms with Gasteiger partial charge >= 0.3 is 0 Å². The topological polar surface area (TPSA) is 114 Å². The summed E-state index contributed by atoms with van der Waals surface area (Å²) in [4.78, 5) is 39.4. The highest BCUT2D eigenvalue weighted by atomic mass is 16.6. The van der Waals surface area contributed by atoms with E-state index in [0.717, 1.165) is 0 Å². The lowest BCUT2D eigenvalue weighted by Gasteiger charge is -2.09. The highest BCUT2D eigenvalue weighted by Crippen LogP contribution is 2.24. The third-order valence-electron chi connectivity index (χ3n) is 4.23. The van der Waals surface area contributed by atoms with Gasteiger partial charge in [0.25, 0.3) is 17.5 Å². The van der Waals surface area contributed by atoms with Gasteiger partial charge in [0.2, 0.25) is 0 Å². The minimum absolute atomic E-state index is 0.0391. The van der Waals surface area contributed by atoms with Crippen LogP contribution in [0.1, 0.15) is 33.2 Å². The van der Waals surface area contributed by atoms with Crippen LogP contribution >= 0.6 is 0 Å². The number of amides is 2. The van der Waals surface area contributed by atoms with Gasteiger partial charge in [-0.15, -0.1) is 0 Å². The number of aromatic nitrogens is 1. The average molecular weight is 390 g/mol. The van der Waals surface area contributed by atoms with Gasteiger partial charge in [-0.1, -0.05) is 19.1 Å². The van der Waals surface area contributed by atoms with Crippen LogP contribution in [0.2, 0.25) is 0 Å². The number of hydrogen-bond donors (Lipinski definition) is 2. The molecular formula is C21H18N4O4. The Bertz CT molecular complexity index is 1070. The quantitative estimate of drug-likeness (QED) is 0.487. The number of carbonyl (C=O) groups excluding carboxylic acids is 2. The van der Waals surface area contributed by atoms with Crippen molar-refractivity contribution < 1.29 is 14.5 Å². The summed E-state index contributed by atoms with van der Waals surface area (Å²) in [5, 5.41) is 16.6. The predicted molar refractivity (Wildman–Crippen MR) is 109 cm³/mol. The normalized spacial score (nSPS) is 10.2. The van der Waals surface area contributed by atoms with Crippen LogP contribution < -0.4 is 10.6 Å². The number of nitro groups is 1. The Labute approximate surface area is 166 Å². The van der Waals surface area contributed by atoms with Crippen LogP contribution in [0.15, 0.2) is 67.0 Å². The van der Waals surface area contributed by atoms with E-state index in [-0.39, 0.29) is 11.6 Å². The lowest BCUT2D eigenvalue weighted by molar-refractivity contribution is -0.385. The molecule has 3 rings (SSSR count). The predicted octanol–water partition coefficient (Wildman–Crippen LogP) is 4.06. The van der Waals surface area contributed by atoms with E-state index in [0.29, 0.717) is 34.5 Å². The molecule has 1 aromatic heterocycles.